The standard InChI is InChI=1S/C15H33N3/c1-14(15(2,3)4)16-8-6-10-18-11-7-9-17(5)12-13-18/h14,16H,6-13H2,1-5H3/t14-/m1/s1. The van der Waals surface area contributed by atoms with Gasteiger partial charge >= 0.3 is 0 Å². The van der Waals surface area contributed by atoms with E-state index in [1.54, 1.807) is 0 Å². The Balaban J connectivity index is 2.10. The summed E-state index contributed by atoms with van der Waals surface area (Å²) in [6.45, 7) is 16.6. The zero-order valence-electron chi connectivity index (χ0n) is 13.1. The molecule has 18 heavy (non-hydrogen) atoms. The van der Waals surface area contributed by atoms with Gasteiger partial charge in [-0.1, -0.05) is 20.8 Å². The predicted octanol–water partition coefficient (Wildman–Crippen LogP) is 2.04. The summed E-state index contributed by atoms with van der Waals surface area (Å²) in [4.78, 5) is 5.06. The van der Waals surface area contributed by atoms with E-state index in [-0.39, 0.29) is 0 Å². The molecular weight excluding hydrogens is 222 g/mol. The lowest BCUT2D eigenvalue weighted by molar-refractivity contribution is 0.256. The molecular formula is C15H33N3. The van der Waals surface area contributed by atoms with Crippen LogP contribution < -0.4 is 5.32 Å². The van der Waals surface area contributed by atoms with Gasteiger partial charge in [0.05, 0.1) is 0 Å². The fourth-order valence-electron chi connectivity index (χ4n) is 2.25. The van der Waals surface area contributed by atoms with Crippen LogP contribution >= 0.6 is 0 Å². The first-order valence-electron chi connectivity index (χ1n) is 7.54. The highest BCUT2D eigenvalue weighted by molar-refractivity contribution is 4.76. The van der Waals surface area contributed by atoms with Crippen molar-refractivity contribution in [2.24, 2.45) is 5.41 Å². The molecule has 3 heteroatoms. The van der Waals surface area contributed by atoms with Crippen molar-refractivity contribution in [3.8, 4) is 0 Å². The summed E-state index contributed by atoms with van der Waals surface area (Å²) in [5.41, 5.74) is 0.366. The van der Waals surface area contributed by atoms with E-state index in [0.717, 1.165) is 6.54 Å². The zero-order valence-corrected chi connectivity index (χ0v) is 13.1. The van der Waals surface area contributed by atoms with E-state index >= 15 is 0 Å². The van der Waals surface area contributed by atoms with Gasteiger partial charge in [-0.25, -0.2) is 0 Å². The molecule has 0 spiro atoms. The number of likely N-dealkylation sites (N-methyl/N-ethyl adjacent to an activating group) is 1. The van der Waals surface area contributed by atoms with Crippen LogP contribution in [-0.4, -0.2) is 62.2 Å². The molecule has 0 unspecified atom stereocenters. The molecule has 0 aliphatic carbocycles. The molecule has 1 fully saturated rings. The summed E-state index contributed by atoms with van der Waals surface area (Å²) in [7, 11) is 2.23. The van der Waals surface area contributed by atoms with E-state index in [4.69, 9.17) is 0 Å². The third-order valence-corrected chi connectivity index (χ3v) is 4.21. The molecule has 0 aromatic rings. The summed E-state index contributed by atoms with van der Waals surface area (Å²) >= 11 is 0. The summed E-state index contributed by atoms with van der Waals surface area (Å²) in [5, 5.41) is 3.65. The lowest BCUT2D eigenvalue weighted by Crippen LogP contribution is -2.39. The first-order valence-corrected chi connectivity index (χ1v) is 7.54. The van der Waals surface area contributed by atoms with Crippen LogP contribution in [0.2, 0.25) is 0 Å². The number of nitrogens with one attached hydrogen (secondary N) is 1. The largest absolute Gasteiger partial charge is 0.314 e. The van der Waals surface area contributed by atoms with Gasteiger partial charge in [0.1, 0.15) is 0 Å². The summed E-state index contributed by atoms with van der Waals surface area (Å²) in [6.07, 6.45) is 2.59. The lowest BCUT2D eigenvalue weighted by Gasteiger charge is -2.28. The van der Waals surface area contributed by atoms with Gasteiger partial charge in [0.25, 0.3) is 0 Å². The molecule has 3 nitrogen and oxygen atoms in total. The van der Waals surface area contributed by atoms with Gasteiger partial charge in [-0.05, 0) is 58.4 Å². The van der Waals surface area contributed by atoms with Crippen LogP contribution in [0, 0.1) is 5.41 Å². The van der Waals surface area contributed by atoms with Crippen LogP contribution in [0.3, 0.4) is 0 Å². The van der Waals surface area contributed by atoms with Gasteiger partial charge in [-0.3, -0.25) is 0 Å². The van der Waals surface area contributed by atoms with E-state index in [1.807, 2.05) is 0 Å². The Labute approximate surface area is 114 Å². The normalized spacial score (nSPS) is 21.8. The molecule has 0 aromatic heterocycles. The van der Waals surface area contributed by atoms with E-state index in [2.05, 4.69) is 49.9 Å². The Morgan fingerprint density at radius 1 is 1.11 bits per heavy atom. The molecule has 1 N–H and O–H groups in total. The maximum Gasteiger partial charge on any atom is 0.0109 e. The van der Waals surface area contributed by atoms with Crippen LogP contribution in [0.1, 0.15) is 40.5 Å². The molecule has 1 saturated heterocycles. The maximum absolute atomic E-state index is 3.65. The van der Waals surface area contributed by atoms with Crippen molar-refractivity contribution in [1.29, 1.82) is 0 Å². The highest BCUT2D eigenvalue weighted by Gasteiger charge is 2.19. The van der Waals surface area contributed by atoms with E-state index in [1.165, 1.54) is 45.6 Å². The predicted molar refractivity (Wildman–Crippen MR) is 80.1 cm³/mol. The van der Waals surface area contributed by atoms with E-state index in [9.17, 15) is 0 Å². The number of hydrogen-bond acceptors (Lipinski definition) is 3. The topological polar surface area (TPSA) is 18.5 Å². The minimum atomic E-state index is 0.366. The first-order chi connectivity index (χ1) is 8.39. The van der Waals surface area contributed by atoms with Gasteiger partial charge < -0.3 is 15.1 Å². The SMILES string of the molecule is C[C@@H](NCCCN1CCCN(C)CC1)C(C)(C)C. The Morgan fingerprint density at radius 3 is 2.50 bits per heavy atom. The number of nitrogens with zero attached hydrogens (tertiary/aromatic N) is 2. The Morgan fingerprint density at radius 2 is 1.83 bits per heavy atom. The maximum atomic E-state index is 3.65. The Hall–Kier alpha value is -0.120. The lowest BCUT2D eigenvalue weighted by atomic mass is 9.88. The van der Waals surface area contributed by atoms with Crippen LogP contribution in [0.4, 0.5) is 0 Å². The summed E-state index contributed by atoms with van der Waals surface area (Å²) in [6, 6.07) is 0.591. The molecule has 0 bridgehead atoms. The Kier molecular flexibility index (Phi) is 6.61. The second-order valence-corrected chi connectivity index (χ2v) is 6.89. The van der Waals surface area contributed by atoms with Gasteiger partial charge in [-0.2, -0.15) is 0 Å². The van der Waals surface area contributed by atoms with Gasteiger partial charge in [0, 0.05) is 19.1 Å². The molecule has 1 aliphatic rings. The fraction of sp³-hybridized carbons (Fsp3) is 1.00. The van der Waals surface area contributed by atoms with Crippen molar-refractivity contribution in [1.82, 2.24) is 15.1 Å². The number of rotatable bonds is 5. The van der Waals surface area contributed by atoms with Crippen molar-refractivity contribution in [2.45, 2.75) is 46.6 Å². The number of hydrogen-bond donors (Lipinski definition) is 1. The zero-order chi connectivity index (χ0) is 13.6. The monoisotopic (exact) mass is 255 g/mol. The third kappa shape index (κ3) is 6.17. The first kappa shape index (κ1) is 15.9. The minimum Gasteiger partial charge on any atom is -0.314 e. The van der Waals surface area contributed by atoms with Crippen molar-refractivity contribution in [3.63, 3.8) is 0 Å². The van der Waals surface area contributed by atoms with Crippen LogP contribution in [0.15, 0.2) is 0 Å². The Bertz CT molecular complexity index is 222. The van der Waals surface area contributed by atoms with Crippen molar-refractivity contribution in [2.75, 3.05) is 46.3 Å². The molecule has 1 aliphatic heterocycles. The van der Waals surface area contributed by atoms with E-state index < -0.39 is 0 Å². The van der Waals surface area contributed by atoms with Gasteiger partial charge in [-0.15, -0.1) is 0 Å². The molecule has 108 valence electrons. The highest BCUT2D eigenvalue weighted by atomic mass is 15.2. The smallest absolute Gasteiger partial charge is 0.0109 e. The molecule has 1 heterocycles. The fourth-order valence-corrected chi connectivity index (χ4v) is 2.25. The molecule has 1 atom stereocenters. The third-order valence-electron chi connectivity index (χ3n) is 4.21. The van der Waals surface area contributed by atoms with Crippen LogP contribution in [0.5, 0.6) is 0 Å². The van der Waals surface area contributed by atoms with Gasteiger partial charge in [0.2, 0.25) is 0 Å². The van der Waals surface area contributed by atoms with Crippen molar-refractivity contribution in [3.05, 3.63) is 0 Å². The second kappa shape index (κ2) is 7.46. The van der Waals surface area contributed by atoms with Gasteiger partial charge in [0.15, 0.2) is 0 Å². The molecule has 0 saturated carbocycles. The molecule has 0 radical (unpaired) electrons. The molecule has 0 amide bonds. The highest BCUT2D eigenvalue weighted by Crippen LogP contribution is 2.18. The second-order valence-electron chi connectivity index (χ2n) is 6.89. The molecule has 0 aromatic carbocycles. The minimum absolute atomic E-state index is 0.366. The summed E-state index contributed by atoms with van der Waals surface area (Å²) < 4.78 is 0. The average molecular weight is 255 g/mol. The summed E-state index contributed by atoms with van der Waals surface area (Å²) in [5.74, 6) is 0. The average Bonchev–Trinajstić information content (AvgIpc) is 2.48. The molecule has 1 rings (SSSR count). The van der Waals surface area contributed by atoms with Crippen molar-refractivity contribution >= 4 is 0 Å². The quantitative estimate of drug-likeness (QED) is 0.759. The van der Waals surface area contributed by atoms with Crippen LogP contribution in [0.25, 0.3) is 0 Å². The van der Waals surface area contributed by atoms with E-state index in [0.29, 0.717) is 11.5 Å². The van der Waals surface area contributed by atoms with Crippen LogP contribution in [-0.2, 0) is 0 Å². The van der Waals surface area contributed by atoms with Crippen molar-refractivity contribution < 1.29 is 0 Å².